The van der Waals surface area contributed by atoms with Crippen molar-refractivity contribution in [1.82, 2.24) is 24.7 Å². The van der Waals surface area contributed by atoms with Gasteiger partial charge in [0.15, 0.2) is 0 Å². The van der Waals surface area contributed by atoms with Crippen LogP contribution in [-0.4, -0.2) is 64.0 Å². The van der Waals surface area contributed by atoms with Crippen LogP contribution in [0.25, 0.3) is 11.0 Å². The van der Waals surface area contributed by atoms with Crippen molar-refractivity contribution in [2.24, 2.45) is 5.92 Å². The molecule has 1 N–H and O–H groups in total. The Balaban J connectivity index is 1.45. The summed E-state index contributed by atoms with van der Waals surface area (Å²) in [6.45, 7) is 10.6. The molecule has 1 aromatic carbocycles. The van der Waals surface area contributed by atoms with Crippen LogP contribution >= 0.6 is 0 Å². The van der Waals surface area contributed by atoms with Crippen molar-refractivity contribution in [3.8, 4) is 0 Å². The molecule has 4 rings (SSSR count). The highest BCUT2D eigenvalue weighted by molar-refractivity contribution is 5.79. The molecule has 0 bridgehead atoms. The fraction of sp³-hybridized carbons (Fsp3) is 0.619. The average Bonchev–Trinajstić information content (AvgIpc) is 3.04. The number of nitrogens with one attached hydrogen (secondary N) is 1. The number of rotatable bonds is 4. The fourth-order valence-corrected chi connectivity index (χ4v) is 4.59. The molecule has 2 aromatic rings. The van der Waals surface area contributed by atoms with Crippen LogP contribution in [-0.2, 0) is 17.9 Å². The summed E-state index contributed by atoms with van der Waals surface area (Å²) in [6.07, 6.45) is 2.10. The van der Waals surface area contributed by atoms with E-state index in [1.54, 1.807) is 0 Å². The van der Waals surface area contributed by atoms with E-state index in [1.807, 2.05) is 6.07 Å². The van der Waals surface area contributed by atoms with Gasteiger partial charge in [0.2, 0.25) is 5.91 Å². The Morgan fingerprint density at radius 3 is 2.93 bits per heavy atom. The molecule has 0 saturated carbocycles. The molecule has 2 fully saturated rings. The zero-order valence-electron chi connectivity index (χ0n) is 16.5. The Hall–Kier alpha value is -1.92. The molecule has 1 aromatic heterocycles. The minimum absolute atomic E-state index is 0.128. The van der Waals surface area contributed by atoms with Gasteiger partial charge in [-0.05, 0) is 45.4 Å². The van der Waals surface area contributed by atoms with Crippen LogP contribution in [0.3, 0.4) is 0 Å². The summed E-state index contributed by atoms with van der Waals surface area (Å²) in [4.78, 5) is 22.4. The van der Waals surface area contributed by atoms with E-state index < -0.39 is 0 Å². The van der Waals surface area contributed by atoms with E-state index in [4.69, 9.17) is 4.98 Å². The number of piperazine rings is 1. The monoisotopic (exact) mass is 369 g/mol. The van der Waals surface area contributed by atoms with Gasteiger partial charge < -0.3 is 14.8 Å². The summed E-state index contributed by atoms with van der Waals surface area (Å²) in [5.41, 5.74) is 2.27. The van der Waals surface area contributed by atoms with Crippen LogP contribution in [0.1, 0.15) is 32.5 Å². The van der Waals surface area contributed by atoms with Crippen molar-refractivity contribution in [3.05, 3.63) is 30.1 Å². The molecule has 2 aliphatic rings. The number of carbonyl (C=O) groups is 1. The van der Waals surface area contributed by atoms with Crippen LogP contribution in [0, 0.1) is 5.92 Å². The van der Waals surface area contributed by atoms with E-state index in [-0.39, 0.29) is 5.92 Å². The third kappa shape index (κ3) is 3.87. The number of likely N-dealkylation sites (tertiary alicyclic amines) is 1. The van der Waals surface area contributed by atoms with Gasteiger partial charge >= 0.3 is 0 Å². The van der Waals surface area contributed by atoms with E-state index in [0.717, 1.165) is 70.0 Å². The Bertz CT molecular complexity index is 801. The van der Waals surface area contributed by atoms with Gasteiger partial charge in [-0.3, -0.25) is 9.69 Å². The summed E-state index contributed by atoms with van der Waals surface area (Å²) < 4.78 is 2.30. The average molecular weight is 370 g/mol. The summed E-state index contributed by atoms with van der Waals surface area (Å²) in [6, 6.07) is 8.74. The lowest BCUT2D eigenvalue weighted by Crippen LogP contribution is -2.54. The normalized spacial score (nSPS) is 24.4. The molecule has 27 heavy (non-hydrogen) atoms. The Morgan fingerprint density at radius 1 is 1.26 bits per heavy atom. The lowest BCUT2D eigenvalue weighted by atomic mass is 9.96. The first-order valence-corrected chi connectivity index (χ1v) is 10.3. The standard InChI is InChI=1S/C21H31N5O/c1-3-26-19-9-5-4-8-18(19)23-20(26)15-24-11-6-7-17(14-24)21(27)25-12-10-22-16(2)13-25/h4-5,8-9,16-17,22H,3,6-7,10-15H2,1-2H3/t16-,17+/m1/s1. The third-order valence-electron chi connectivity index (χ3n) is 5.95. The van der Waals surface area contributed by atoms with E-state index in [9.17, 15) is 4.79 Å². The first kappa shape index (κ1) is 18.4. The van der Waals surface area contributed by atoms with Crippen LogP contribution in [0.5, 0.6) is 0 Å². The van der Waals surface area contributed by atoms with Crippen molar-refractivity contribution in [2.45, 2.75) is 45.8 Å². The molecule has 1 amide bonds. The van der Waals surface area contributed by atoms with Gasteiger partial charge in [0.1, 0.15) is 5.82 Å². The van der Waals surface area contributed by atoms with Gasteiger partial charge in [0.05, 0.1) is 23.5 Å². The quantitative estimate of drug-likeness (QED) is 0.897. The maximum Gasteiger partial charge on any atom is 0.227 e. The number of amides is 1. The van der Waals surface area contributed by atoms with Crippen molar-refractivity contribution < 1.29 is 4.79 Å². The molecule has 0 aliphatic carbocycles. The first-order chi connectivity index (χ1) is 13.2. The Kier molecular flexibility index (Phi) is 5.45. The number of nitrogens with zero attached hydrogens (tertiary/aromatic N) is 4. The number of hydrogen-bond acceptors (Lipinski definition) is 4. The number of piperidine rings is 1. The van der Waals surface area contributed by atoms with Crippen molar-refractivity contribution in [3.63, 3.8) is 0 Å². The number of para-hydroxylation sites is 2. The predicted octanol–water partition coefficient (Wildman–Crippen LogP) is 2.09. The van der Waals surface area contributed by atoms with Crippen LogP contribution in [0.4, 0.5) is 0 Å². The summed E-state index contributed by atoms with van der Waals surface area (Å²) in [5, 5.41) is 3.42. The predicted molar refractivity (Wildman–Crippen MR) is 107 cm³/mol. The fourth-order valence-electron chi connectivity index (χ4n) is 4.59. The topological polar surface area (TPSA) is 53.4 Å². The van der Waals surface area contributed by atoms with Crippen molar-refractivity contribution in [2.75, 3.05) is 32.7 Å². The highest BCUT2D eigenvalue weighted by Gasteiger charge is 2.31. The van der Waals surface area contributed by atoms with Gasteiger partial charge in [-0.15, -0.1) is 0 Å². The molecule has 0 radical (unpaired) electrons. The van der Waals surface area contributed by atoms with Crippen LogP contribution in [0.15, 0.2) is 24.3 Å². The Labute approximate surface area is 161 Å². The van der Waals surface area contributed by atoms with Crippen LogP contribution in [0.2, 0.25) is 0 Å². The molecule has 6 heteroatoms. The molecule has 3 heterocycles. The number of carbonyl (C=O) groups excluding carboxylic acids is 1. The van der Waals surface area contributed by atoms with Gasteiger partial charge in [-0.2, -0.15) is 0 Å². The smallest absolute Gasteiger partial charge is 0.227 e. The van der Waals surface area contributed by atoms with Gasteiger partial charge in [0, 0.05) is 38.8 Å². The van der Waals surface area contributed by atoms with E-state index >= 15 is 0 Å². The molecule has 0 unspecified atom stereocenters. The van der Waals surface area contributed by atoms with Crippen LogP contribution < -0.4 is 5.32 Å². The van der Waals surface area contributed by atoms with Gasteiger partial charge in [-0.1, -0.05) is 12.1 Å². The van der Waals surface area contributed by atoms with E-state index in [2.05, 4.69) is 51.7 Å². The molecular weight excluding hydrogens is 338 g/mol. The second-order valence-electron chi connectivity index (χ2n) is 7.97. The van der Waals surface area contributed by atoms with Gasteiger partial charge in [-0.25, -0.2) is 4.98 Å². The molecular formula is C21H31N5O. The third-order valence-corrected chi connectivity index (χ3v) is 5.95. The number of imidazole rings is 1. The molecule has 2 atom stereocenters. The SMILES string of the molecule is CCn1c(CN2CCC[C@H](C(=O)N3CCN[C@H](C)C3)C2)nc2ccccc21. The lowest BCUT2D eigenvalue weighted by molar-refractivity contribution is -0.138. The first-order valence-electron chi connectivity index (χ1n) is 10.3. The summed E-state index contributed by atoms with van der Waals surface area (Å²) in [7, 11) is 0. The number of aryl methyl sites for hydroxylation is 1. The second kappa shape index (κ2) is 7.98. The number of aromatic nitrogens is 2. The zero-order chi connectivity index (χ0) is 18.8. The maximum atomic E-state index is 13.0. The lowest BCUT2D eigenvalue weighted by Gasteiger charge is -2.38. The second-order valence-corrected chi connectivity index (χ2v) is 7.97. The molecule has 0 spiro atoms. The van der Waals surface area contributed by atoms with Crippen molar-refractivity contribution in [1.29, 1.82) is 0 Å². The molecule has 6 nitrogen and oxygen atoms in total. The molecule has 146 valence electrons. The highest BCUT2D eigenvalue weighted by Crippen LogP contribution is 2.23. The van der Waals surface area contributed by atoms with Crippen molar-refractivity contribution >= 4 is 16.9 Å². The molecule has 2 saturated heterocycles. The minimum atomic E-state index is 0.128. The summed E-state index contributed by atoms with van der Waals surface area (Å²) in [5.74, 6) is 1.59. The number of fused-ring (bicyclic) bond motifs is 1. The minimum Gasteiger partial charge on any atom is -0.340 e. The number of benzene rings is 1. The van der Waals surface area contributed by atoms with Gasteiger partial charge in [0.25, 0.3) is 0 Å². The largest absolute Gasteiger partial charge is 0.340 e. The summed E-state index contributed by atoms with van der Waals surface area (Å²) >= 11 is 0. The number of hydrogen-bond donors (Lipinski definition) is 1. The highest BCUT2D eigenvalue weighted by atomic mass is 16.2. The maximum absolute atomic E-state index is 13.0. The molecule has 2 aliphatic heterocycles. The Morgan fingerprint density at radius 2 is 2.11 bits per heavy atom. The van der Waals surface area contributed by atoms with E-state index in [0.29, 0.717) is 11.9 Å². The van der Waals surface area contributed by atoms with E-state index in [1.165, 1.54) is 5.52 Å². The zero-order valence-corrected chi connectivity index (χ0v) is 16.5.